The zero-order valence-electron chi connectivity index (χ0n) is 13.2. The van der Waals surface area contributed by atoms with Crippen LogP contribution in [0.1, 0.15) is 26.3 Å². The largest absolute Gasteiger partial charge is 0.378 e. The zero-order valence-corrected chi connectivity index (χ0v) is 13.2. The standard InChI is InChI=1S/C19H18N2O3/c20-17(14-6-2-1-3-7-14)18(22)15-8-4-5-9-16(15)19(23)21-10-12-24-13-11-21/h1-9,20H,10-13H2. The Hall–Kier alpha value is -2.79. The van der Waals surface area contributed by atoms with Gasteiger partial charge in [-0.25, -0.2) is 0 Å². The summed E-state index contributed by atoms with van der Waals surface area (Å²) < 4.78 is 5.26. The Morgan fingerprint density at radius 3 is 2.12 bits per heavy atom. The molecule has 0 spiro atoms. The van der Waals surface area contributed by atoms with Gasteiger partial charge in [-0.3, -0.25) is 15.0 Å². The van der Waals surface area contributed by atoms with Crippen LogP contribution in [0.4, 0.5) is 0 Å². The van der Waals surface area contributed by atoms with E-state index in [4.69, 9.17) is 10.1 Å². The number of ether oxygens (including phenoxy) is 1. The SMILES string of the molecule is N=C(C(=O)c1ccccc1C(=O)N1CCOCC1)c1ccccc1. The molecule has 2 aromatic rings. The number of hydrogen-bond donors (Lipinski definition) is 1. The molecule has 0 aliphatic carbocycles. The minimum Gasteiger partial charge on any atom is -0.378 e. The van der Waals surface area contributed by atoms with E-state index in [2.05, 4.69) is 0 Å². The van der Waals surface area contributed by atoms with Crippen molar-refractivity contribution < 1.29 is 14.3 Å². The molecule has 24 heavy (non-hydrogen) atoms. The lowest BCUT2D eigenvalue weighted by atomic mass is 9.96. The van der Waals surface area contributed by atoms with Gasteiger partial charge in [-0.1, -0.05) is 48.5 Å². The third kappa shape index (κ3) is 3.26. The van der Waals surface area contributed by atoms with E-state index in [-0.39, 0.29) is 17.2 Å². The second kappa shape index (κ2) is 7.19. The molecule has 2 aromatic carbocycles. The highest BCUT2D eigenvalue weighted by Gasteiger charge is 2.25. The predicted molar refractivity (Wildman–Crippen MR) is 90.8 cm³/mol. The van der Waals surface area contributed by atoms with Gasteiger partial charge in [0.05, 0.1) is 18.8 Å². The molecule has 1 aliphatic heterocycles. The Morgan fingerprint density at radius 1 is 0.875 bits per heavy atom. The van der Waals surface area contributed by atoms with Crippen molar-refractivity contribution in [3.8, 4) is 0 Å². The van der Waals surface area contributed by atoms with Crippen molar-refractivity contribution >= 4 is 17.4 Å². The first-order valence-corrected chi connectivity index (χ1v) is 7.83. The smallest absolute Gasteiger partial charge is 0.254 e. The van der Waals surface area contributed by atoms with Gasteiger partial charge in [0.1, 0.15) is 5.71 Å². The summed E-state index contributed by atoms with van der Waals surface area (Å²) in [6, 6.07) is 15.5. The third-order valence-corrected chi connectivity index (χ3v) is 3.99. The van der Waals surface area contributed by atoms with Crippen LogP contribution in [0.2, 0.25) is 0 Å². The summed E-state index contributed by atoms with van der Waals surface area (Å²) in [6.45, 7) is 2.03. The molecule has 0 saturated carbocycles. The van der Waals surface area contributed by atoms with E-state index in [1.807, 2.05) is 6.07 Å². The molecule has 1 amide bonds. The number of rotatable bonds is 4. The molecule has 1 aliphatic rings. The fraction of sp³-hybridized carbons (Fsp3) is 0.211. The molecule has 0 bridgehead atoms. The van der Waals surface area contributed by atoms with Crippen LogP contribution in [0.5, 0.6) is 0 Å². The molecule has 0 radical (unpaired) electrons. The fourth-order valence-electron chi connectivity index (χ4n) is 2.67. The highest BCUT2D eigenvalue weighted by Crippen LogP contribution is 2.16. The maximum Gasteiger partial charge on any atom is 0.254 e. The number of nitrogens with one attached hydrogen (secondary N) is 1. The highest BCUT2D eigenvalue weighted by molar-refractivity contribution is 6.51. The monoisotopic (exact) mass is 322 g/mol. The topological polar surface area (TPSA) is 70.5 Å². The number of hydrogen-bond acceptors (Lipinski definition) is 4. The Bertz CT molecular complexity index is 765. The fourth-order valence-corrected chi connectivity index (χ4v) is 2.67. The van der Waals surface area contributed by atoms with Crippen molar-refractivity contribution in [2.24, 2.45) is 0 Å². The normalized spacial score (nSPS) is 14.2. The second-order valence-electron chi connectivity index (χ2n) is 5.52. The van der Waals surface area contributed by atoms with Crippen LogP contribution in [0.3, 0.4) is 0 Å². The molecule has 5 nitrogen and oxygen atoms in total. The van der Waals surface area contributed by atoms with Crippen molar-refractivity contribution in [3.63, 3.8) is 0 Å². The van der Waals surface area contributed by atoms with Gasteiger partial charge in [-0.2, -0.15) is 0 Å². The predicted octanol–water partition coefficient (Wildman–Crippen LogP) is 2.41. The van der Waals surface area contributed by atoms with E-state index in [9.17, 15) is 9.59 Å². The summed E-state index contributed by atoms with van der Waals surface area (Å²) in [7, 11) is 0. The van der Waals surface area contributed by atoms with Crippen LogP contribution in [0.15, 0.2) is 54.6 Å². The zero-order chi connectivity index (χ0) is 16.9. The molecule has 0 aromatic heterocycles. The maximum absolute atomic E-state index is 12.7. The van der Waals surface area contributed by atoms with E-state index in [0.717, 1.165) is 0 Å². The van der Waals surface area contributed by atoms with Crippen molar-refractivity contribution in [3.05, 3.63) is 71.3 Å². The van der Waals surface area contributed by atoms with Gasteiger partial charge in [-0.15, -0.1) is 0 Å². The molecule has 1 N–H and O–H groups in total. The molecule has 122 valence electrons. The van der Waals surface area contributed by atoms with Gasteiger partial charge in [-0.05, 0) is 6.07 Å². The number of benzene rings is 2. The summed E-state index contributed by atoms with van der Waals surface area (Å²) in [5.74, 6) is -0.637. The number of ketones is 1. The van der Waals surface area contributed by atoms with Gasteiger partial charge in [0.25, 0.3) is 5.91 Å². The third-order valence-electron chi connectivity index (χ3n) is 3.99. The lowest BCUT2D eigenvalue weighted by molar-refractivity contribution is 0.0302. The number of carbonyl (C=O) groups is 2. The number of nitrogens with zero attached hydrogens (tertiary/aromatic N) is 1. The second-order valence-corrected chi connectivity index (χ2v) is 5.52. The van der Waals surface area contributed by atoms with Crippen molar-refractivity contribution in [1.82, 2.24) is 4.90 Å². The van der Waals surface area contributed by atoms with Gasteiger partial charge in [0.15, 0.2) is 0 Å². The number of morpholine rings is 1. The first-order valence-electron chi connectivity index (χ1n) is 7.83. The molecule has 3 rings (SSSR count). The summed E-state index contributed by atoms with van der Waals surface area (Å²) in [5, 5.41) is 8.16. The van der Waals surface area contributed by atoms with Crippen molar-refractivity contribution in [2.45, 2.75) is 0 Å². The first-order chi connectivity index (χ1) is 11.7. The molecular weight excluding hydrogens is 304 g/mol. The van der Waals surface area contributed by atoms with Crippen molar-refractivity contribution in [2.75, 3.05) is 26.3 Å². The Morgan fingerprint density at radius 2 is 1.46 bits per heavy atom. The minimum absolute atomic E-state index is 0.113. The number of Topliss-reactive ketones (excluding diaryl/α,β-unsaturated/α-hetero) is 1. The molecule has 1 saturated heterocycles. The van der Waals surface area contributed by atoms with Gasteiger partial charge >= 0.3 is 0 Å². The van der Waals surface area contributed by atoms with E-state index in [0.29, 0.717) is 37.4 Å². The Balaban J connectivity index is 1.90. The van der Waals surface area contributed by atoms with Crippen molar-refractivity contribution in [1.29, 1.82) is 5.41 Å². The summed E-state index contributed by atoms with van der Waals surface area (Å²) in [5.41, 5.74) is 1.03. The summed E-state index contributed by atoms with van der Waals surface area (Å²) in [4.78, 5) is 27.1. The molecule has 0 unspecified atom stereocenters. The summed E-state index contributed by atoms with van der Waals surface area (Å²) >= 11 is 0. The minimum atomic E-state index is -0.446. The number of carbonyl (C=O) groups excluding carboxylic acids is 2. The van der Waals surface area contributed by atoms with Crippen LogP contribution in [-0.4, -0.2) is 48.6 Å². The Kier molecular flexibility index (Phi) is 4.82. The van der Waals surface area contributed by atoms with E-state index in [1.165, 1.54) is 0 Å². The van der Waals surface area contributed by atoms with E-state index in [1.54, 1.807) is 53.4 Å². The highest BCUT2D eigenvalue weighted by atomic mass is 16.5. The molecule has 5 heteroatoms. The molecule has 1 fully saturated rings. The average Bonchev–Trinajstić information content (AvgIpc) is 2.67. The quantitative estimate of drug-likeness (QED) is 0.694. The van der Waals surface area contributed by atoms with Gasteiger partial charge < -0.3 is 9.64 Å². The number of amides is 1. The van der Waals surface area contributed by atoms with Gasteiger partial charge in [0.2, 0.25) is 5.78 Å². The molecule has 0 atom stereocenters. The molecule has 1 heterocycles. The van der Waals surface area contributed by atoms with Crippen LogP contribution in [0, 0.1) is 5.41 Å². The lowest BCUT2D eigenvalue weighted by Crippen LogP contribution is -2.41. The van der Waals surface area contributed by atoms with Gasteiger partial charge in [0, 0.05) is 24.2 Å². The van der Waals surface area contributed by atoms with Crippen LogP contribution >= 0.6 is 0 Å². The maximum atomic E-state index is 12.7. The average molecular weight is 322 g/mol. The lowest BCUT2D eigenvalue weighted by Gasteiger charge is -2.27. The molecular formula is C19H18N2O3. The summed E-state index contributed by atoms with van der Waals surface area (Å²) in [6.07, 6.45) is 0. The van der Waals surface area contributed by atoms with E-state index >= 15 is 0 Å². The van der Waals surface area contributed by atoms with E-state index < -0.39 is 5.78 Å². The Labute approximate surface area is 140 Å². The van der Waals surface area contributed by atoms with Crippen LogP contribution < -0.4 is 0 Å². The first kappa shape index (κ1) is 16.1. The van der Waals surface area contributed by atoms with Crippen LogP contribution in [-0.2, 0) is 4.74 Å². The van der Waals surface area contributed by atoms with Crippen LogP contribution in [0.25, 0.3) is 0 Å².